The van der Waals surface area contributed by atoms with Crippen molar-refractivity contribution in [3.63, 3.8) is 0 Å². The number of aryl methyl sites for hydroxylation is 1. The standard InChI is InChI=1S/C19H19N5O6S2/c25-18(8-7-17-20-19(21-30-17)16-2-1-13-31-16)22-9-11-23(12-10-22)32(28,29)15-5-3-14(4-6-15)24(26)27/h1-6,13H,7-12H2. The van der Waals surface area contributed by atoms with Crippen LogP contribution in [0.1, 0.15) is 12.3 Å². The Labute approximate surface area is 187 Å². The third-order valence-electron chi connectivity index (χ3n) is 5.04. The Morgan fingerprint density at radius 1 is 1.16 bits per heavy atom. The van der Waals surface area contributed by atoms with Gasteiger partial charge in [-0.15, -0.1) is 11.3 Å². The van der Waals surface area contributed by atoms with Gasteiger partial charge in [-0.2, -0.15) is 9.29 Å². The van der Waals surface area contributed by atoms with Crippen LogP contribution in [0.3, 0.4) is 0 Å². The molecule has 13 heteroatoms. The molecular formula is C19H19N5O6S2. The third kappa shape index (κ3) is 4.69. The molecular weight excluding hydrogens is 458 g/mol. The number of sulfonamides is 1. The summed E-state index contributed by atoms with van der Waals surface area (Å²) in [7, 11) is -3.79. The number of nitro groups is 1. The summed E-state index contributed by atoms with van der Waals surface area (Å²) in [6.07, 6.45) is 0.486. The van der Waals surface area contributed by atoms with Crippen molar-refractivity contribution >= 4 is 33.0 Å². The topological polar surface area (TPSA) is 140 Å². The molecule has 0 radical (unpaired) electrons. The normalized spacial score (nSPS) is 15.1. The van der Waals surface area contributed by atoms with E-state index in [4.69, 9.17) is 4.52 Å². The number of hydrogen-bond acceptors (Lipinski definition) is 9. The number of aromatic nitrogens is 2. The van der Waals surface area contributed by atoms with E-state index in [2.05, 4.69) is 10.1 Å². The van der Waals surface area contributed by atoms with E-state index in [1.807, 2.05) is 17.5 Å². The van der Waals surface area contributed by atoms with E-state index in [-0.39, 0.29) is 49.1 Å². The second kappa shape index (κ2) is 9.14. The van der Waals surface area contributed by atoms with Crippen LogP contribution in [0.4, 0.5) is 5.69 Å². The maximum atomic E-state index is 12.8. The van der Waals surface area contributed by atoms with Gasteiger partial charge in [0, 0.05) is 51.2 Å². The van der Waals surface area contributed by atoms with Gasteiger partial charge in [0.25, 0.3) is 5.69 Å². The summed E-state index contributed by atoms with van der Waals surface area (Å²) in [5, 5.41) is 16.6. The van der Waals surface area contributed by atoms with E-state index in [1.165, 1.54) is 27.8 Å². The van der Waals surface area contributed by atoms with Crippen molar-refractivity contribution in [2.45, 2.75) is 17.7 Å². The Morgan fingerprint density at radius 3 is 2.50 bits per heavy atom. The van der Waals surface area contributed by atoms with Crippen LogP contribution in [0, 0.1) is 10.1 Å². The molecule has 1 aromatic carbocycles. The number of piperazine rings is 1. The zero-order valence-corrected chi connectivity index (χ0v) is 18.4. The molecule has 1 amide bonds. The van der Waals surface area contributed by atoms with Crippen molar-refractivity contribution in [3.8, 4) is 10.7 Å². The number of rotatable bonds is 7. The van der Waals surface area contributed by atoms with E-state index in [0.717, 1.165) is 17.0 Å². The molecule has 0 aliphatic carbocycles. The molecule has 1 fully saturated rings. The highest BCUT2D eigenvalue weighted by Crippen LogP contribution is 2.23. The molecule has 1 aliphatic rings. The van der Waals surface area contributed by atoms with Crippen molar-refractivity contribution < 1.29 is 22.7 Å². The van der Waals surface area contributed by atoms with E-state index in [9.17, 15) is 23.3 Å². The lowest BCUT2D eigenvalue weighted by Crippen LogP contribution is -2.50. The van der Waals surface area contributed by atoms with Crippen LogP contribution in [0.5, 0.6) is 0 Å². The first-order valence-corrected chi connectivity index (χ1v) is 12.1. The lowest BCUT2D eigenvalue weighted by Gasteiger charge is -2.34. The average Bonchev–Trinajstić information content (AvgIpc) is 3.49. The number of nitro benzene ring substituents is 1. The van der Waals surface area contributed by atoms with Gasteiger partial charge in [0.05, 0.1) is 14.7 Å². The highest BCUT2D eigenvalue weighted by Gasteiger charge is 2.30. The monoisotopic (exact) mass is 477 g/mol. The smallest absolute Gasteiger partial charge is 0.269 e. The summed E-state index contributed by atoms with van der Waals surface area (Å²) in [5.41, 5.74) is -0.178. The number of thiophene rings is 1. The van der Waals surface area contributed by atoms with Gasteiger partial charge >= 0.3 is 0 Å². The number of benzene rings is 1. The molecule has 168 valence electrons. The van der Waals surface area contributed by atoms with Crippen LogP contribution < -0.4 is 0 Å². The highest BCUT2D eigenvalue weighted by molar-refractivity contribution is 7.89. The second-order valence-corrected chi connectivity index (χ2v) is 9.91. The predicted octanol–water partition coefficient (Wildman–Crippen LogP) is 2.17. The van der Waals surface area contributed by atoms with Gasteiger partial charge in [-0.1, -0.05) is 11.2 Å². The van der Waals surface area contributed by atoms with E-state index < -0.39 is 14.9 Å². The minimum Gasteiger partial charge on any atom is -0.340 e. The van der Waals surface area contributed by atoms with Crippen LogP contribution in [0.25, 0.3) is 10.7 Å². The highest BCUT2D eigenvalue weighted by atomic mass is 32.2. The molecule has 11 nitrogen and oxygen atoms in total. The molecule has 0 spiro atoms. The molecule has 0 N–H and O–H groups in total. The number of nitrogens with zero attached hydrogens (tertiary/aromatic N) is 5. The molecule has 1 saturated heterocycles. The summed E-state index contributed by atoms with van der Waals surface area (Å²) in [5.74, 6) is 0.752. The Bertz CT molecular complexity index is 1200. The first-order valence-electron chi connectivity index (χ1n) is 9.73. The summed E-state index contributed by atoms with van der Waals surface area (Å²) in [6.45, 7) is 0.812. The van der Waals surface area contributed by atoms with Crippen LogP contribution in [0.15, 0.2) is 51.2 Å². The van der Waals surface area contributed by atoms with Crippen molar-refractivity contribution in [2.75, 3.05) is 26.2 Å². The zero-order chi connectivity index (χ0) is 22.7. The van der Waals surface area contributed by atoms with Gasteiger partial charge in [0.2, 0.25) is 27.6 Å². The molecule has 3 aromatic rings. The molecule has 0 unspecified atom stereocenters. The lowest BCUT2D eigenvalue weighted by atomic mass is 10.2. The van der Waals surface area contributed by atoms with Crippen molar-refractivity contribution in [1.82, 2.24) is 19.3 Å². The summed E-state index contributed by atoms with van der Waals surface area (Å²) < 4.78 is 32.0. The van der Waals surface area contributed by atoms with Crippen molar-refractivity contribution in [1.29, 1.82) is 0 Å². The van der Waals surface area contributed by atoms with Crippen LogP contribution >= 0.6 is 11.3 Å². The van der Waals surface area contributed by atoms with Crippen LogP contribution in [-0.4, -0.2) is 64.8 Å². The number of carbonyl (C=O) groups is 1. The molecule has 3 heterocycles. The SMILES string of the molecule is O=C(CCc1nc(-c2cccs2)no1)N1CCN(S(=O)(=O)c2ccc([N+](=O)[O-])cc2)CC1. The fourth-order valence-electron chi connectivity index (χ4n) is 3.30. The maximum Gasteiger partial charge on any atom is 0.269 e. The number of amides is 1. The fourth-order valence-corrected chi connectivity index (χ4v) is 5.37. The second-order valence-electron chi connectivity index (χ2n) is 7.02. The van der Waals surface area contributed by atoms with Gasteiger partial charge < -0.3 is 9.42 Å². The zero-order valence-electron chi connectivity index (χ0n) is 16.8. The fraction of sp³-hybridized carbons (Fsp3) is 0.316. The van der Waals surface area contributed by atoms with Crippen molar-refractivity contribution in [2.24, 2.45) is 0 Å². The largest absolute Gasteiger partial charge is 0.340 e. The van der Waals surface area contributed by atoms with E-state index >= 15 is 0 Å². The van der Waals surface area contributed by atoms with Gasteiger partial charge in [0.1, 0.15) is 0 Å². The molecule has 2 aromatic heterocycles. The first kappa shape index (κ1) is 22.0. The Kier molecular flexibility index (Phi) is 6.30. The number of carbonyl (C=O) groups excluding carboxylic acids is 1. The summed E-state index contributed by atoms with van der Waals surface area (Å²) in [6, 6.07) is 8.54. The first-order chi connectivity index (χ1) is 15.3. The van der Waals surface area contributed by atoms with Gasteiger partial charge in [0.15, 0.2) is 0 Å². The van der Waals surface area contributed by atoms with Crippen LogP contribution in [0.2, 0.25) is 0 Å². The summed E-state index contributed by atoms with van der Waals surface area (Å²) in [4.78, 5) is 29.5. The Morgan fingerprint density at radius 2 is 1.88 bits per heavy atom. The average molecular weight is 478 g/mol. The van der Waals surface area contributed by atoms with Gasteiger partial charge in [-0.3, -0.25) is 14.9 Å². The van der Waals surface area contributed by atoms with E-state index in [1.54, 1.807) is 4.90 Å². The minimum atomic E-state index is -3.79. The van der Waals surface area contributed by atoms with E-state index in [0.29, 0.717) is 18.1 Å². The number of non-ortho nitro benzene ring substituents is 1. The van der Waals surface area contributed by atoms with Crippen molar-refractivity contribution in [3.05, 3.63) is 57.8 Å². The van der Waals surface area contributed by atoms with Gasteiger partial charge in [-0.05, 0) is 23.6 Å². The molecule has 0 bridgehead atoms. The molecule has 1 aliphatic heterocycles. The van der Waals surface area contributed by atoms with Gasteiger partial charge in [-0.25, -0.2) is 8.42 Å². The minimum absolute atomic E-state index is 0.0131. The van der Waals surface area contributed by atoms with Crippen LogP contribution in [-0.2, 0) is 21.2 Å². The Balaban J connectivity index is 1.30. The molecule has 0 saturated carbocycles. The number of hydrogen-bond donors (Lipinski definition) is 0. The lowest BCUT2D eigenvalue weighted by molar-refractivity contribution is -0.384. The molecule has 32 heavy (non-hydrogen) atoms. The Hall–Kier alpha value is -3.16. The molecule has 0 atom stereocenters. The maximum absolute atomic E-state index is 12.8. The third-order valence-corrected chi connectivity index (χ3v) is 7.82. The molecule has 4 rings (SSSR count). The predicted molar refractivity (Wildman–Crippen MR) is 114 cm³/mol. The summed E-state index contributed by atoms with van der Waals surface area (Å²) >= 11 is 1.50. The quantitative estimate of drug-likeness (QED) is 0.372.